The summed E-state index contributed by atoms with van der Waals surface area (Å²) in [7, 11) is 0. The van der Waals surface area contributed by atoms with Gasteiger partial charge in [-0.25, -0.2) is 0 Å². The predicted octanol–water partition coefficient (Wildman–Crippen LogP) is 2.67. The number of carbonyl (C=O) groups excluding carboxylic acids is 1. The number of likely N-dealkylation sites (tertiary alicyclic amines) is 1. The van der Waals surface area contributed by atoms with Gasteiger partial charge in [-0.05, 0) is 58.5 Å². The van der Waals surface area contributed by atoms with E-state index in [-0.39, 0.29) is 5.97 Å². The summed E-state index contributed by atoms with van der Waals surface area (Å²) in [6, 6.07) is 0.383. The maximum Gasteiger partial charge on any atom is 0.326 e. The summed E-state index contributed by atoms with van der Waals surface area (Å²) in [5, 5.41) is 3.33. The standard InChI is InChI=1S/C17H34N2O2/c1-7-18-17(6,16(20)21-8-2)11-15(5)19-10-9-13(3)14(4)12-19/h13-15,18H,7-12H2,1-6H3. The average molecular weight is 298 g/mol. The highest BCUT2D eigenvalue weighted by Crippen LogP contribution is 2.26. The lowest BCUT2D eigenvalue weighted by atomic mass is 9.86. The molecule has 4 nitrogen and oxygen atoms in total. The number of likely N-dealkylation sites (N-methyl/N-ethyl adjacent to an activating group) is 1. The second-order valence-electron chi connectivity index (χ2n) is 6.87. The van der Waals surface area contributed by atoms with Crippen LogP contribution < -0.4 is 5.32 Å². The van der Waals surface area contributed by atoms with Crippen LogP contribution in [0.2, 0.25) is 0 Å². The van der Waals surface area contributed by atoms with Crippen molar-refractivity contribution in [3.63, 3.8) is 0 Å². The van der Waals surface area contributed by atoms with Crippen LogP contribution in [0.5, 0.6) is 0 Å². The third-order valence-electron chi connectivity index (χ3n) is 4.99. The number of nitrogens with zero attached hydrogens (tertiary/aromatic N) is 1. The molecular weight excluding hydrogens is 264 g/mol. The monoisotopic (exact) mass is 298 g/mol. The second-order valence-corrected chi connectivity index (χ2v) is 6.87. The van der Waals surface area contributed by atoms with Crippen molar-refractivity contribution in [2.24, 2.45) is 11.8 Å². The second kappa shape index (κ2) is 8.14. The zero-order valence-corrected chi connectivity index (χ0v) is 14.7. The van der Waals surface area contributed by atoms with Crippen molar-refractivity contribution in [1.82, 2.24) is 10.2 Å². The summed E-state index contributed by atoms with van der Waals surface area (Å²) in [6.07, 6.45) is 2.05. The summed E-state index contributed by atoms with van der Waals surface area (Å²) >= 11 is 0. The lowest BCUT2D eigenvalue weighted by Gasteiger charge is -2.41. The molecule has 0 amide bonds. The Morgan fingerprint density at radius 2 is 2.05 bits per heavy atom. The molecule has 0 aliphatic carbocycles. The van der Waals surface area contributed by atoms with E-state index < -0.39 is 5.54 Å². The molecule has 1 N–H and O–H groups in total. The molecule has 4 atom stereocenters. The number of nitrogens with one attached hydrogen (secondary N) is 1. The van der Waals surface area contributed by atoms with E-state index in [2.05, 4.69) is 31.0 Å². The molecule has 1 aliphatic heterocycles. The number of ether oxygens (including phenoxy) is 1. The van der Waals surface area contributed by atoms with Crippen LogP contribution in [0.15, 0.2) is 0 Å². The first-order chi connectivity index (χ1) is 9.84. The lowest BCUT2D eigenvalue weighted by Crippen LogP contribution is -2.55. The van der Waals surface area contributed by atoms with Gasteiger partial charge in [-0.1, -0.05) is 20.8 Å². The van der Waals surface area contributed by atoms with E-state index in [1.54, 1.807) is 0 Å². The van der Waals surface area contributed by atoms with Gasteiger partial charge in [0.05, 0.1) is 6.61 Å². The highest BCUT2D eigenvalue weighted by Gasteiger charge is 2.37. The Balaban J connectivity index is 2.67. The van der Waals surface area contributed by atoms with Crippen LogP contribution in [-0.4, -0.2) is 48.7 Å². The van der Waals surface area contributed by atoms with E-state index in [1.807, 2.05) is 20.8 Å². The van der Waals surface area contributed by atoms with Crippen LogP contribution in [0.4, 0.5) is 0 Å². The fourth-order valence-corrected chi connectivity index (χ4v) is 3.32. The van der Waals surface area contributed by atoms with Gasteiger partial charge in [0.15, 0.2) is 0 Å². The molecule has 0 radical (unpaired) electrons. The van der Waals surface area contributed by atoms with Gasteiger partial charge in [0.2, 0.25) is 0 Å². The van der Waals surface area contributed by atoms with Crippen LogP contribution in [0, 0.1) is 11.8 Å². The first kappa shape index (κ1) is 18.4. The van der Waals surface area contributed by atoms with E-state index in [0.29, 0.717) is 12.6 Å². The van der Waals surface area contributed by atoms with Gasteiger partial charge in [-0.2, -0.15) is 0 Å². The lowest BCUT2D eigenvalue weighted by molar-refractivity contribution is -0.151. The molecule has 1 aliphatic rings. The van der Waals surface area contributed by atoms with Crippen molar-refractivity contribution in [3.05, 3.63) is 0 Å². The third kappa shape index (κ3) is 4.96. The zero-order valence-electron chi connectivity index (χ0n) is 14.7. The highest BCUT2D eigenvalue weighted by atomic mass is 16.5. The van der Waals surface area contributed by atoms with Gasteiger partial charge in [0, 0.05) is 12.6 Å². The van der Waals surface area contributed by atoms with Crippen molar-refractivity contribution in [2.75, 3.05) is 26.2 Å². The predicted molar refractivity (Wildman–Crippen MR) is 87.3 cm³/mol. The molecule has 0 aromatic rings. The largest absolute Gasteiger partial charge is 0.465 e. The maximum atomic E-state index is 12.3. The van der Waals surface area contributed by atoms with E-state index in [4.69, 9.17) is 4.74 Å². The van der Waals surface area contributed by atoms with Gasteiger partial charge >= 0.3 is 5.97 Å². The Morgan fingerprint density at radius 3 is 2.57 bits per heavy atom. The number of esters is 1. The summed E-state index contributed by atoms with van der Waals surface area (Å²) in [5.74, 6) is 1.41. The van der Waals surface area contributed by atoms with Crippen LogP contribution in [0.1, 0.15) is 54.4 Å². The maximum absolute atomic E-state index is 12.3. The molecule has 1 fully saturated rings. The summed E-state index contributed by atoms with van der Waals surface area (Å²) < 4.78 is 5.27. The Labute approximate surface area is 130 Å². The summed E-state index contributed by atoms with van der Waals surface area (Å²) in [6.45, 7) is 16.3. The molecule has 0 saturated carbocycles. The van der Waals surface area contributed by atoms with E-state index in [1.165, 1.54) is 6.42 Å². The normalized spacial score (nSPS) is 27.9. The molecule has 0 aromatic carbocycles. The molecular formula is C17H34N2O2. The fraction of sp³-hybridized carbons (Fsp3) is 0.941. The Kier molecular flexibility index (Phi) is 7.14. The first-order valence-corrected chi connectivity index (χ1v) is 8.50. The Hall–Kier alpha value is -0.610. The molecule has 0 aromatic heterocycles. The fourth-order valence-electron chi connectivity index (χ4n) is 3.32. The van der Waals surface area contributed by atoms with E-state index in [9.17, 15) is 4.79 Å². The van der Waals surface area contributed by atoms with Crippen molar-refractivity contribution in [2.45, 2.75) is 66.0 Å². The van der Waals surface area contributed by atoms with E-state index >= 15 is 0 Å². The molecule has 4 heteroatoms. The highest BCUT2D eigenvalue weighted by molar-refractivity contribution is 5.80. The summed E-state index contributed by atoms with van der Waals surface area (Å²) in [5.41, 5.74) is -0.587. The SMILES string of the molecule is CCNC(C)(CC(C)N1CCC(C)C(C)C1)C(=O)OCC. The van der Waals surface area contributed by atoms with Crippen LogP contribution in [-0.2, 0) is 9.53 Å². The van der Waals surface area contributed by atoms with Gasteiger partial charge in [-0.3, -0.25) is 4.79 Å². The van der Waals surface area contributed by atoms with Crippen molar-refractivity contribution < 1.29 is 9.53 Å². The van der Waals surface area contributed by atoms with Gasteiger partial charge in [0.1, 0.15) is 5.54 Å². The molecule has 1 saturated heterocycles. The molecule has 124 valence electrons. The van der Waals surface area contributed by atoms with Gasteiger partial charge in [0.25, 0.3) is 0 Å². The van der Waals surface area contributed by atoms with E-state index in [0.717, 1.165) is 37.9 Å². The molecule has 1 heterocycles. The Morgan fingerprint density at radius 1 is 1.38 bits per heavy atom. The van der Waals surface area contributed by atoms with Crippen LogP contribution >= 0.6 is 0 Å². The Bertz CT molecular complexity index is 335. The number of rotatable bonds is 7. The minimum absolute atomic E-state index is 0.128. The van der Waals surface area contributed by atoms with Crippen molar-refractivity contribution in [1.29, 1.82) is 0 Å². The first-order valence-electron chi connectivity index (χ1n) is 8.50. The van der Waals surface area contributed by atoms with Gasteiger partial charge in [-0.15, -0.1) is 0 Å². The van der Waals surface area contributed by atoms with Crippen molar-refractivity contribution in [3.8, 4) is 0 Å². The van der Waals surface area contributed by atoms with Crippen molar-refractivity contribution >= 4 is 5.97 Å². The number of carbonyl (C=O) groups is 1. The topological polar surface area (TPSA) is 41.6 Å². The molecule has 21 heavy (non-hydrogen) atoms. The molecule has 4 unspecified atom stereocenters. The number of hydrogen-bond acceptors (Lipinski definition) is 4. The minimum Gasteiger partial charge on any atom is -0.465 e. The van der Waals surface area contributed by atoms with Crippen LogP contribution in [0.25, 0.3) is 0 Å². The smallest absolute Gasteiger partial charge is 0.326 e. The summed E-state index contributed by atoms with van der Waals surface area (Å²) in [4.78, 5) is 14.8. The minimum atomic E-state index is -0.587. The molecule has 0 bridgehead atoms. The molecule has 0 spiro atoms. The average Bonchev–Trinajstić information content (AvgIpc) is 2.42. The number of piperidine rings is 1. The third-order valence-corrected chi connectivity index (χ3v) is 4.99. The molecule has 1 rings (SSSR count). The quantitative estimate of drug-likeness (QED) is 0.734. The number of hydrogen-bond donors (Lipinski definition) is 1. The van der Waals surface area contributed by atoms with Gasteiger partial charge < -0.3 is 15.0 Å². The zero-order chi connectivity index (χ0) is 16.0. The van der Waals surface area contributed by atoms with Crippen LogP contribution in [0.3, 0.4) is 0 Å².